The van der Waals surface area contributed by atoms with Gasteiger partial charge in [0.05, 0.1) is 54.0 Å². The van der Waals surface area contributed by atoms with E-state index in [0.717, 1.165) is 26.4 Å². The van der Waals surface area contributed by atoms with Crippen LogP contribution in [-0.2, 0) is 69.2 Å². The minimum Gasteiger partial charge on any atom is -0.492 e. The molecule has 3 aromatic rings. The van der Waals surface area contributed by atoms with Crippen LogP contribution in [0.25, 0.3) is 0 Å². The van der Waals surface area contributed by atoms with E-state index in [2.05, 4.69) is 4.18 Å². The van der Waals surface area contributed by atoms with Crippen LogP contribution in [0.15, 0.2) is 94.4 Å². The van der Waals surface area contributed by atoms with Crippen molar-refractivity contribution in [1.82, 2.24) is 4.73 Å². The van der Waals surface area contributed by atoms with Crippen molar-refractivity contribution in [2.24, 2.45) is 0 Å². The van der Waals surface area contributed by atoms with Crippen LogP contribution in [-0.4, -0.2) is 127 Å². The summed E-state index contributed by atoms with van der Waals surface area (Å²) in [6.07, 6.45) is 8.90. The number of hydrogen-bond donors (Lipinski definition) is 4. The molecule has 0 aliphatic carbocycles. The van der Waals surface area contributed by atoms with E-state index in [0.29, 0.717) is 45.2 Å². The second-order valence-corrected chi connectivity index (χ2v) is 22.5. The number of benzene rings is 2. The summed E-state index contributed by atoms with van der Waals surface area (Å²) in [5.41, 5.74) is 1.28. The fourth-order valence-corrected chi connectivity index (χ4v) is 10.7. The molecule has 0 amide bonds. The Morgan fingerprint density at radius 2 is 1.39 bits per heavy atom. The number of nitrogens with zero attached hydrogens (tertiary/aromatic N) is 3. The lowest BCUT2D eigenvalue weighted by atomic mass is 9.76. The molecular formula is C42H54N3O17S4+. The number of allylic oxidation sites excluding steroid dienone is 6. The normalized spacial score (nSPS) is 19.7. The molecule has 0 radical (unpaired) electrons. The third-order valence-electron chi connectivity index (χ3n) is 11.6. The average Bonchev–Trinajstić information content (AvgIpc) is 3.77. The number of anilines is 1. The maximum absolute atomic E-state index is 12.9. The number of ether oxygens (including phenoxy) is 1. The Labute approximate surface area is 384 Å². The zero-order chi connectivity index (χ0) is 48.9. The molecule has 5 rings (SSSR count). The number of rotatable bonds is 23. The van der Waals surface area contributed by atoms with Crippen molar-refractivity contribution in [3.63, 3.8) is 0 Å². The molecule has 2 unspecified atom stereocenters. The number of aromatic hydroxyl groups is 2. The molecule has 0 fully saturated rings. The molecule has 0 spiro atoms. The fourth-order valence-electron chi connectivity index (χ4n) is 8.34. The monoisotopic (exact) mass is 1000 g/mol. The molecule has 2 atom stereocenters. The maximum Gasteiger partial charge on any atom is 0.333 e. The molecule has 3 heterocycles. The van der Waals surface area contributed by atoms with Gasteiger partial charge in [-0.15, -0.1) is 4.73 Å². The molecule has 2 aliphatic rings. The Kier molecular flexibility index (Phi) is 16.2. The van der Waals surface area contributed by atoms with Crippen LogP contribution in [0.5, 0.6) is 11.8 Å². The quantitative estimate of drug-likeness (QED) is 0.0450. The van der Waals surface area contributed by atoms with E-state index >= 15 is 0 Å². The molecule has 0 saturated heterocycles. The van der Waals surface area contributed by atoms with Crippen molar-refractivity contribution in [2.45, 2.75) is 73.0 Å². The van der Waals surface area contributed by atoms with Gasteiger partial charge >= 0.3 is 5.97 Å². The van der Waals surface area contributed by atoms with Gasteiger partial charge in [-0.25, -0.2) is 4.79 Å². The van der Waals surface area contributed by atoms with Crippen LogP contribution in [0.2, 0.25) is 0 Å². The first-order valence-electron chi connectivity index (χ1n) is 20.4. The first-order chi connectivity index (χ1) is 30.8. The predicted octanol–water partition coefficient (Wildman–Crippen LogP) is 4.12. The second-order valence-electron chi connectivity index (χ2n) is 15.9. The summed E-state index contributed by atoms with van der Waals surface area (Å²) in [4.78, 5) is 19.3. The van der Waals surface area contributed by atoms with Gasteiger partial charge in [-0.1, -0.05) is 18.2 Å². The molecule has 0 saturated carbocycles. The summed E-state index contributed by atoms with van der Waals surface area (Å²) in [6.45, 7) is 4.34. The van der Waals surface area contributed by atoms with E-state index in [1.807, 2.05) is 11.8 Å². The van der Waals surface area contributed by atoms with Gasteiger partial charge in [0.25, 0.3) is 40.5 Å². The second kappa shape index (κ2) is 20.5. The van der Waals surface area contributed by atoms with Gasteiger partial charge in [0.2, 0.25) is 17.4 Å². The highest BCUT2D eigenvalue weighted by atomic mass is 32.2. The molecular weight excluding hydrogens is 947 g/mol. The average molecular weight is 1000 g/mol. The van der Waals surface area contributed by atoms with Crippen LogP contribution in [0, 0.1) is 0 Å². The summed E-state index contributed by atoms with van der Waals surface area (Å²) < 4.78 is 136. The topological polar surface area (TPSA) is 283 Å². The summed E-state index contributed by atoms with van der Waals surface area (Å²) >= 11 is 0. The lowest BCUT2D eigenvalue weighted by Crippen LogP contribution is -2.32. The number of carbonyl (C=O) groups is 1. The van der Waals surface area contributed by atoms with Crippen LogP contribution >= 0.6 is 0 Å². The highest BCUT2D eigenvalue weighted by Crippen LogP contribution is 2.51. The van der Waals surface area contributed by atoms with E-state index in [1.165, 1.54) is 37.4 Å². The highest BCUT2D eigenvalue weighted by molar-refractivity contribution is 7.87. The molecule has 24 heteroatoms. The zero-order valence-corrected chi connectivity index (χ0v) is 40.1. The van der Waals surface area contributed by atoms with Crippen LogP contribution in [0.3, 0.4) is 0 Å². The summed E-state index contributed by atoms with van der Waals surface area (Å²) in [5, 5.41) is 19.8. The fraction of sp³-hybridized carbons (Fsp3) is 0.429. The molecule has 0 bridgehead atoms. The molecule has 362 valence electrons. The number of fused-ring (bicyclic) bond motifs is 2. The van der Waals surface area contributed by atoms with Crippen LogP contribution < -0.4 is 9.74 Å². The Hall–Kier alpha value is -4.92. The molecule has 2 aliphatic heterocycles. The van der Waals surface area contributed by atoms with Gasteiger partial charge in [-0.05, 0) is 81.5 Å². The minimum absolute atomic E-state index is 0.0658. The van der Waals surface area contributed by atoms with Gasteiger partial charge < -0.3 is 24.7 Å². The number of carbonyl (C=O) groups excluding carboxylic acids is 1. The van der Waals surface area contributed by atoms with Gasteiger partial charge in [-0.2, -0.15) is 38.2 Å². The maximum atomic E-state index is 12.9. The zero-order valence-electron chi connectivity index (χ0n) is 36.9. The largest absolute Gasteiger partial charge is 0.492 e. The van der Waals surface area contributed by atoms with Gasteiger partial charge in [0, 0.05) is 66.7 Å². The lowest BCUT2D eigenvalue weighted by Gasteiger charge is -2.30. The van der Waals surface area contributed by atoms with E-state index in [1.54, 1.807) is 47.9 Å². The lowest BCUT2D eigenvalue weighted by molar-refractivity contribution is -0.438. The van der Waals surface area contributed by atoms with Crippen molar-refractivity contribution in [2.75, 3.05) is 57.4 Å². The Bertz CT molecular complexity index is 2890. The Morgan fingerprint density at radius 1 is 0.758 bits per heavy atom. The third kappa shape index (κ3) is 11.8. The Morgan fingerprint density at radius 3 is 2.02 bits per heavy atom. The van der Waals surface area contributed by atoms with Gasteiger partial charge in [0.15, 0.2) is 5.71 Å². The van der Waals surface area contributed by atoms with E-state index < -0.39 is 79.7 Å². The van der Waals surface area contributed by atoms with Crippen molar-refractivity contribution >= 4 is 63.5 Å². The molecule has 4 N–H and O–H groups in total. The van der Waals surface area contributed by atoms with Crippen molar-refractivity contribution < 1.29 is 80.3 Å². The van der Waals surface area contributed by atoms with E-state index in [-0.39, 0.29) is 62.3 Å². The van der Waals surface area contributed by atoms with Gasteiger partial charge in [0.1, 0.15) is 6.54 Å². The molecule has 66 heavy (non-hydrogen) atoms. The van der Waals surface area contributed by atoms with Crippen molar-refractivity contribution in [3.05, 3.63) is 95.7 Å². The number of hydrogen-bond acceptors (Lipinski definition) is 16. The van der Waals surface area contributed by atoms with E-state index in [4.69, 9.17) is 13.8 Å². The molecule has 20 nitrogen and oxygen atoms in total. The van der Waals surface area contributed by atoms with Crippen molar-refractivity contribution in [1.29, 1.82) is 0 Å². The Balaban J connectivity index is 1.58. The van der Waals surface area contributed by atoms with Gasteiger partial charge in [-0.3, -0.25) is 17.5 Å². The van der Waals surface area contributed by atoms with E-state index in [9.17, 15) is 57.8 Å². The molecule has 1 aromatic heterocycles. The van der Waals surface area contributed by atoms with Crippen LogP contribution in [0.1, 0.15) is 63.5 Å². The standard InChI is InChI=1S/C42H53N3O17S4/c1-41(21-10-26-63(49,50)51)32-28-30(65(54,55)56)15-17-34(32)43(23-9-14-40(48)62-45-38(46)19-20-39(45)47)36(41)12-7-6-8-13-37-42(2,22-11-27-64(52,53)60-4)33-29-31(66(57,58)61-5)16-18-35(33)44(37)24-25-59-3/h6-8,12-13,15-20,28-29H,9-11,14,21-27H2,1-5H3,(H3-,46,47,49,50,51,54,55,56)/p+1. The summed E-state index contributed by atoms with van der Waals surface area (Å²) in [7, 11) is -13.4. The highest BCUT2D eigenvalue weighted by Gasteiger charge is 2.48. The predicted molar refractivity (Wildman–Crippen MR) is 241 cm³/mol. The summed E-state index contributed by atoms with van der Waals surface area (Å²) in [6, 6.07) is 10.8. The van der Waals surface area contributed by atoms with Crippen LogP contribution in [0.4, 0.5) is 11.4 Å². The first-order valence-corrected chi connectivity index (χ1v) is 26.4. The summed E-state index contributed by atoms with van der Waals surface area (Å²) in [5.74, 6) is -2.74. The number of methoxy groups -OCH3 is 1. The smallest absolute Gasteiger partial charge is 0.333 e. The minimum atomic E-state index is -4.70. The first kappa shape index (κ1) is 52.1. The SMILES string of the molecule is COCCN1/C(=C/C=C/C=C/C2=[N+](CCCC(=O)On3c(O)ccc3O)c3ccc(S(=O)(=O)O)cc3C2(C)CCCS(=O)(=O)O)C(C)(CCCS(=O)(=O)OC)c2cc(S(=O)(=O)OC)ccc21. The van der Waals surface area contributed by atoms with Crippen molar-refractivity contribution in [3.8, 4) is 11.8 Å². The molecule has 2 aromatic carbocycles. The number of aromatic nitrogens is 1. The third-order valence-corrected chi connectivity index (χ3v) is 15.9.